The predicted molar refractivity (Wildman–Crippen MR) is 68.5 cm³/mol. The highest BCUT2D eigenvalue weighted by Gasteiger charge is 2.36. The Bertz CT molecular complexity index is 493. The first-order valence-electron chi connectivity index (χ1n) is 6.45. The van der Waals surface area contributed by atoms with Gasteiger partial charge < -0.3 is 14.8 Å². The van der Waals surface area contributed by atoms with Gasteiger partial charge in [0.1, 0.15) is 12.2 Å². The van der Waals surface area contributed by atoms with Crippen LogP contribution in [0.3, 0.4) is 0 Å². The van der Waals surface area contributed by atoms with Gasteiger partial charge in [0, 0.05) is 25.8 Å². The number of rotatable bonds is 2. The Morgan fingerprint density at radius 1 is 1.45 bits per heavy atom. The first-order chi connectivity index (χ1) is 9.21. The average Bonchev–Trinajstić information content (AvgIpc) is 2.73. The Kier molecular flexibility index (Phi) is 3.82. The molecule has 1 fully saturated rings. The molecule has 1 aliphatic heterocycles. The largest absolute Gasteiger partial charge is 0.406 e. The van der Waals surface area contributed by atoms with Crippen LogP contribution in [0.5, 0.6) is 0 Å². The fourth-order valence-electron chi connectivity index (χ4n) is 2.44. The third-order valence-corrected chi connectivity index (χ3v) is 3.44. The molecule has 0 atom stereocenters. The molecular weight excluding hydrogens is 271 g/mol. The molecule has 2 rings (SSSR count). The molecule has 4 nitrogen and oxygen atoms in total. The van der Waals surface area contributed by atoms with Crippen LogP contribution < -0.4 is 5.32 Å². The quantitative estimate of drug-likeness (QED) is 0.902. The van der Waals surface area contributed by atoms with Crippen LogP contribution in [0.25, 0.3) is 0 Å². The van der Waals surface area contributed by atoms with Crippen LogP contribution in [-0.2, 0) is 6.54 Å². The second-order valence-corrected chi connectivity index (χ2v) is 5.58. The molecule has 1 amide bonds. The van der Waals surface area contributed by atoms with Crippen molar-refractivity contribution in [2.24, 2.45) is 0 Å². The van der Waals surface area contributed by atoms with E-state index in [0.29, 0.717) is 19.6 Å². The lowest BCUT2D eigenvalue weighted by Crippen LogP contribution is -2.60. The summed E-state index contributed by atoms with van der Waals surface area (Å²) >= 11 is 0. The Balaban J connectivity index is 2.23. The van der Waals surface area contributed by atoms with E-state index in [4.69, 9.17) is 0 Å². The summed E-state index contributed by atoms with van der Waals surface area (Å²) in [5.41, 5.74) is -0.333. The molecule has 7 heteroatoms. The van der Waals surface area contributed by atoms with Crippen LogP contribution in [0.2, 0.25) is 0 Å². The highest BCUT2D eigenvalue weighted by Crippen LogP contribution is 2.23. The summed E-state index contributed by atoms with van der Waals surface area (Å²) in [6.45, 7) is 4.41. The van der Waals surface area contributed by atoms with Crippen LogP contribution >= 0.6 is 0 Å². The minimum atomic E-state index is -4.34. The van der Waals surface area contributed by atoms with Gasteiger partial charge in [-0.25, -0.2) is 0 Å². The van der Waals surface area contributed by atoms with Crippen LogP contribution in [0.15, 0.2) is 18.3 Å². The fraction of sp³-hybridized carbons (Fsp3) is 0.615. The van der Waals surface area contributed by atoms with E-state index in [-0.39, 0.29) is 11.6 Å². The first kappa shape index (κ1) is 14.9. The molecule has 0 aliphatic carbocycles. The Morgan fingerprint density at radius 2 is 2.15 bits per heavy atom. The maximum atomic E-state index is 12.5. The lowest BCUT2D eigenvalue weighted by Gasteiger charge is -2.42. The van der Waals surface area contributed by atoms with Gasteiger partial charge in [-0.15, -0.1) is 0 Å². The average molecular weight is 289 g/mol. The van der Waals surface area contributed by atoms with Gasteiger partial charge in [0.25, 0.3) is 5.91 Å². The molecule has 0 aromatic carbocycles. The van der Waals surface area contributed by atoms with Gasteiger partial charge in [-0.2, -0.15) is 13.2 Å². The molecule has 1 aromatic heterocycles. The number of hydrogen-bond acceptors (Lipinski definition) is 2. The van der Waals surface area contributed by atoms with Crippen LogP contribution in [0.1, 0.15) is 24.3 Å². The highest BCUT2D eigenvalue weighted by atomic mass is 19.4. The summed E-state index contributed by atoms with van der Waals surface area (Å²) in [6, 6.07) is 2.90. The van der Waals surface area contributed by atoms with Gasteiger partial charge in [-0.05, 0) is 26.0 Å². The van der Waals surface area contributed by atoms with Gasteiger partial charge in [0.05, 0.1) is 5.54 Å². The molecule has 1 aromatic rings. The molecule has 0 saturated carbocycles. The van der Waals surface area contributed by atoms with Crippen molar-refractivity contribution in [3.8, 4) is 0 Å². The zero-order valence-electron chi connectivity index (χ0n) is 11.5. The minimum absolute atomic E-state index is 0.0808. The van der Waals surface area contributed by atoms with E-state index in [0.717, 1.165) is 4.57 Å². The van der Waals surface area contributed by atoms with E-state index in [1.807, 2.05) is 13.8 Å². The van der Waals surface area contributed by atoms with Gasteiger partial charge in [-0.1, -0.05) is 0 Å². The molecular formula is C13H18F3N3O. The molecule has 1 saturated heterocycles. The second-order valence-electron chi connectivity index (χ2n) is 5.58. The standard InChI is InChI=1S/C13H18F3N3O/c1-12(2)8-17-5-7-19(12)11(20)10-4-3-6-18(10)9-13(14,15)16/h3-4,6,17H,5,7-9H2,1-2H3. The normalized spacial score (nSPS) is 19.1. The number of nitrogens with zero attached hydrogens (tertiary/aromatic N) is 2. The van der Waals surface area contributed by atoms with E-state index in [1.54, 1.807) is 4.90 Å². The van der Waals surface area contributed by atoms with E-state index < -0.39 is 18.3 Å². The third kappa shape index (κ3) is 3.15. The summed E-state index contributed by atoms with van der Waals surface area (Å²) in [7, 11) is 0. The number of hydrogen-bond donors (Lipinski definition) is 1. The molecule has 0 radical (unpaired) electrons. The van der Waals surface area contributed by atoms with Crippen molar-refractivity contribution in [1.29, 1.82) is 0 Å². The minimum Gasteiger partial charge on any atom is -0.334 e. The zero-order valence-corrected chi connectivity index (χ0v) is 11.5. The number of alkyl halides is 3. The third-order valence-electron chi connectivity index (χ3n) is 3.44. The molecule has 0 bridgehead atoms. The van der Waals surface area contributed by atoms with Crippen LogP contribution in [-0.4, -0.2) is 46.7 Å². The lowest BCUT2D eigenvalue weighted by atomic mass is 9.99. The topological polar surface area (TPSA) is 37.3 Å². The highest BCUT2D eigenvalue weighted by molar-refractivity contribution is 5.93. The van der Waals surface area contributed by atoms with Crippen molar-refractivity contribution in [2.45, 2.75) is 32.1 Å². The number of amides is 1. The van der Waals surface area contributed by atoms with Gasteiger partial charge >= 0.3 is 6.18 Å². The van der Waals surface area contributed by atoms with Gasteiger partial charge in [-0.3, -0.25) is 4.79 Å². The lowest BCUT2D eigenvalue weighted by molar-refractivity contribution is -0.140. The second kappa shape index (κ2) is 5.12. The molecule has 2 heterocycles. The van der Waals surface area contributed by atoms with Gasteiger partial charge in [0.15, 0.2) is 0 Å². The van der Waals surface area contributed by atoms with E-state index in [1.165, 1.54) is 18.3 Å². The Labute approximate surface area is 115 Å². The van der Waals surface area contributed by atoms with Crippen molar-refractivity contribution in [3.05, 3.63) is 24.0 Å². The van der Waals surface area contributed by atoms with E-state index >= 15 is 0 Å². The van der Waals surface area contributed by atoms with Crippen molar-refractivity contribution >= 4 is 5.91 Å². The molecule has 1 N–H and O–H groups in total. The summed E-state index contributed by atoms with van der Waals surface area (Å²) in [5, 5.41) is 3.18. The summed E-state index contributed by atoms with van der Waals surface area (Å²) < 4.78 is 38.5. The number of carbonyl (C=O) groups excluding carboxylic acids is 1. The van der Waals surface area contributed by atoms with Crippen molar-refractivity contribution in [2.75, 3.05) is 19.6 Å². The van der Waals surface area contributed by atoms with Gasteiger partial charge in [0.2, 0.25) is 0 Å². The van der Waals surface area contributed by atoms with E-state index in [9.17, 15) is 18.0 Å². The number of piperazine rings is 1. The SMILES string of the molecule is CC1(C)CNCCN1C(=O)c1cccn1CC(F)(F)F. The number of nitrogens with one attached hydrogen (secondary N) is 1. The molecule has 20 heavy (non-hydrogen) atoms. The predicted octanol–water partition coefficient (Wildman–Crippen LogP) is 1.87. The summed E-state index contributed by atoms with van der Waals surface area (Å²) in [4.78, 5) is 14.1. The maximum absolute atomic E-state index is 12.5. The number of halogens is 3. The van der Waals surface area contributed by atoms with Crippen molar-refractivity contribution in [1.82, 2.24) is 14.8 Å². The van der Waals surface area contributed by atoms with Crippen LogP contribution in [0, 0.1) is 0 Å². The zero-order chi connectivity index (χ0) is 15.0. The van der Waals surface area contributed by atoms with Crippen molar-refractivity contribution in [3.63, 3.8) is 0 Å². The monoisotopic (exact) mass is 289 g/mol. The number of carbonyl (C=O) groups is 1. The van der Waals surface area contributed by atoms with Crippen LogP contribution in [0.4, 0.5) is 13.2 Å². The smallest absolute Gasteiger partial charge is 0.334 e. The summed E-state index contributed by atoms with van der Waals surface area (Å²) in [6.07, 6.45) is -3.05. The number of aromatic nitrogens is 1. The maximum Gasteiger partial charge on any atom is 0.406 e. The Morgan fingerprint density at radius 3 is 2.75 bits per heavy atom. The fourth-order valence-corrected chi connectivity index (χ4v) is 2.44. The van der Waals surface area contributed by atoms with E-state index in [2.05, 4.69) is 5.32 Å². The van der Waals surface area contributed by atoms with Crippen molar-refractivity contribution < 1.29 is 18.0 Å². The molecule has 1 aliphatic rings. The molecule has 112 valence electrons. The summed E-state index contributed by atoms with van der Waals surface area (Å²) in [5.74, 6) is -0.356. The Hall–Kier alpha value is -1.50. The molecule has 0 unspecified atom stereocenters. The first-order valence-corrected chi connectivity index (χ1v) is 6.45. The molecule has 0 spiro atoms.